The molecule has 23 heavy (non-hydrogen) atoms. The van der Waals surface area contributed by atoms with Crippen LogP contribution in [0.2, 0.25) is 0 Å². The van der Waals surface area contributed by atoms with Gasteiger partial charge in [0.05, 0.1) is 18.8 Å². The number of anilines is 1. The fourth-order valence-electron chi connectivity index (χ4n) is 2.96. The molecule has 0 aliphatic carbocycles. The lowest BCUT2D eigenvalue weighted by molar-refractivity contribution is 0.0709. The van der Waals surface area contributed by atoms with Gasteiger partial charge < -0.3 is 14.5 Å². The largest absolute Gasteiger partial charge is 0.485 e. The molecule has 0 radical (unpaired) electrons. The molecule has 1 aliphatic rings. The van der Waals surface area contributed by atoms with E-state index in [1.807, 2.05) is 55.6 Å². The number of hydrogen-bond donors (Lipinski definition) is 0. The number of fused-ring (bicyclic) bond motifs is 1. The quantitative estimate of drug-likeness (QED) is 0.870. The van der Waals surface area contributed by atoms with E-state index in [-0.39, 0.29) is 12.0 Å². The molecule has 0 N–H and O–H groups in total. The van der Waals surface area contributed by atoms with Gasteiger partial charge in [0.2, 0.25) is 0 Å². The summed E-state index contributed by atoms with van der Waals surface area (Å²) >= 11 is 0. The molecule has 0 saturated carbocycles. The monoisotopic (exact) mass is 310 g/mol. The van der Waals surface area contributed by atoms with Gasteiger partial charge in [-0.1, -0.05) is 30.3 Å². The fraction of sp³-hybridized carbons (Fsp3) is 0.316. The van der Waals surface area contributed by atoms with Crippen LogP contribution in [0.5, 0.6) is 5.75 Å². The molecule has 0 spiro atoms. The molecule has 120 valence electrons. The van der Waals surface area contributed by atoms with Gasteiger partial charge in [-0.2, -0.15) is 0 Å². The smallest absolute Gasteiger partial charge is 0.253 e. The molecular formula is C19H22N2O2. The Morgan fingerprint density at radius 2 is 1.87 bits per heavy atom. The van der Waals surface area contributed by atoms with Gasteiger partial charge in [0.15, 0.2) is 0 Å². The molecule has 2 aromatic carbocycles. The van der Waals surface area contributed by atoms with Crippen LogP contribution in [-0.4, -0.2) is 43.6 Å². The summed E-state index contributed by atoms with van der Waals surface area (Å²) in [5, 5.41) is 0. The highest BCUT2D eigenvalue weighted by atomic mass is 16.5. The summed E-state index contributed by atoms with van der Waals surface area (Å²) in [6.45, 7) is 4.42. The average molecular weight is 310 g/mol. The SMILES string of the molecule is CCN1C[C@H](CN(C)C(=O)c2ccccc2)Oc2ccccc21. The number of benzene rings is 2. The van der Waals surface area contributed by atoms with Crippen LogP contribution < -0.4 is 9.64 Å². The molecule has 1 aliphatic heterocycles. The lowest BCUT2D eigenvalue weighted by Crippen LogP contribution is -2.46. The van der Waals surface area contributed by atoms with Gasteiger partial charge in [-0.3, -0.25) is 4.79 Å². The number of carbonyl (C=O) groups excluding carboxylic acids is 1. The van der Waals surface area contributed by atoms with Crippen LogP contribution in [0.3, 0.4) is 0 Å². The normalized spacial score (nSPS) is 16.4. The van der Waals surface area contributed by atoms with Crippen molar-refractivity contribution in [2.24, 2.45) is 0 Å². The van der Waals surface area contributed by atoms with E-state index in [0.29, 0.717) is 12.1 Å². The number of carbonyl (C=O) groups is 1. The minimum atomic E-state index is -0.0255. The second-order valence-corrected chi connectivity index (χ2v) is 5.80. The molecule has 4 nitrogen and oxygen atoms in total. The first-order valence-electron chi connectivity index (χ1n) is 8.00. The second-order valence-electron chi connectivity index (χ2n) is 5.80. The molecule has 1 amide bonds. The zero-order valence-corrected chi connectivity index (χ0v) is 13.6. The lowest BCUT2D eigenvalue weighted by Gasteiger charge is -2.37. The van der Waals surface area contributed by atoms with Crippen LogP contribution in [-0.2, 0) is 0 Å². The van der Waals surface area contributed by atoms with Crippen LogP contribution in [0.1, 0.15) is 17.3 Å². The van der Waals surface area contributed by atoms with Gasteiger partial charge in [-0.15, -0.1) is 0 Å². The summed E-state index contributed by atoms with van der Waals surface area (Å²) in [6, 6.07) is 17.4. The van der Waals surface area contributed by atoms with Gasteiger partial charge in [-0.05, 0) is 31.2 Å². The Labute approximate surface area is 137 Å². The standard InChI is InChI=1S/C19H22N2O2/c1-3-21-14-16(23-18-12-8-7-11-17(18)21)13-20(2)19(22)15-9-5-4-6-10-15/h4-12,16H,3,13-14H2,1-2H3/t16-/m0/s1. The van der Waals surface area contributed by atoms with Crippen LogP contribution in [0.15, 0.2) is 54.6 Å². The number of hydrogen-bond acceptors (Lipinski definition) is 3. The Morgan fingerprint density at radius 3 is 2.61 bits per heavy atom. The zero-order chi connectivity index (χ0) is 16.2. The van der Waals surface area contributed by atoms with E-state index in [9.17, 15) is 4.79 Å². The molecule has 0 fully saturated rings. The molecule has 1 atom stereocenters. The summed E-state index contributed by atoms with van der Waals surface area (Å²) in [5.74, 6) is 0.919. The van der Waals surface area contributed by atoms with Crippen molar-refractivity contribution in [3.8, 4) is 5.75 Å². The van der Waals surface area contributed by atoms with Gasteiger partial charge in [0.25, 0.3) is 5.91 Å². The molecule has 0 aromatic heterocycles. The minimum absolute atomic E-state index is 0.0242. The van der Waals surface area contributed by atoms with E-state index >= 15 is 0 Å². The van der Waals surface area contributed by atoms with E-state index in [1.165, 1.54) is 0 Å². The first kappa shape index (κ1) is 15.4. The van der Waals surface area contributed by atoms with Gasteiger partial charge in [0.1, 0.15) is 11.9 Å². The maximum Gasteiger partial charge on any atom is 0.253 e. The molecule has 1 heterocycles. The van der Waals surface area contributed by atoms with Gasteiger partial charge in [0, 0.05) is 19.2 Å². The third kappa shape index (κ3) is 3.31. The van der Waals surface area contributed by atoms with Crippen LogP contribution in [0.25, 0.3) is 0 Å². The number of likely N-dealkylation sites (N-methyl/N-ethyl adjacent to an activating group) is 2. The van der Waals surface area contributed by atoms with E-state index in [4.69, 9.17) is 4.74 Å². The highest BCUT2D eigenvalue weighted by Crippen LogP contribution is 2.32. The highest BCUT2D eigenvalue weighted by Gasteiger charge is 2.26. The Hall–Kier alpha value is -2.49. The summed E-state index contributed by atoms with van der Waals surface area (Å²) in [7, 11) is 1.83. The molecule has 0 unspecified atom stereocenters. The van der Waals surface area contributed by atoms with E-state index in [2.05, 4.69) is 17.9 Å². The number of amides is 1. The van der Waals surface area contributed by atoms with Crippen molar-refractivity contribution in [3.05, 3.63) is 60.2 Å². The Morgan fingerprint density at radius 1 is 1.17 bits per heavy atom. The number of ether oxygens (including phenoxy) is 1. The fourth-order valence-corrected chi connectivity index (χ4v) is 2.96. The van der Waals surface area contributed by atoms with Crippen LogP contribution >= 0.6 is 0 Å². The second kappa shape index (κ2) is 6.73. The summed E-state index contributed by atoms with van der Waals surface area (Å²) in [4.78, 5) is 16.5. The predicted octanol–water partition coefficient (Wildman–Crippen LogP) is 3.05. The zero-order valence-electron chi connectivity index (χ0n) is 13.6. The maximum atomic E-state index is 12.5. The van der Waals surface area contributed by atoms with Crippen molar-refractivity contribution in [1.82, 2.24) is 4.90 Å². The van der Waals surface area contributed by atoms with Crippen molar-refractivity contribution < 1.29 is 9.53 Å². The lowest BCUT2D eigenvalue weighted by atomic mass is 10.1. The molecule has 0 saturated heterocycles. The molecule has 2 aromatic rings. The van der Waals surface area contributed by atoms with Crippen molar-refractivity contribution in [1.29, 1.82) is 0 Å². The molecule has 3 rings (SSSR count). The van der Waals surface area contributed by atoms with Gasteiger partial charge >= 0.3 is 0 Å². The van der Waals surface area contributed by atoms with Crippen molar-refractivity contribution in [2.75, 3.05) is 31.6 Å². The predicted molar refractivity (Wildman–Crippen MR) is 92.1 cm³/mol. The van der Waals surface area contributed by atoms with Crippen LogP contribution in [0.4, 0.5) is 5.69 Å². The minimum Gasteiger partial charge on any atom is -0.485 e. The van der Waals surface area contributed by atoms with Crippen molar-refractivity contribution in [3.63, 3.8) is 0 Å². The highest BCUT2D eigenvalue weighted by molar-refractivity contribution is 5.94. The first-order valence-corrected chi connectivity index (χ1v) is 8.00. The average Bonchev–Trinajstić information content (AvgIpc) is 2.61. The summed E-state index contributed by atoms with van der Waals surface area (Å²) < 4.78 is 6.09. The number of nitrogens with zero attached hydrogens (tertiary/aromatic N) is 2. The third-order valence-electron chi connectivity index (χ3n) is 4.15. The third-order valence-corrected chi connectivity index (χ3v) is 4.15. The maximum absolute atomic E-state index is 12.5. The van der Waals surface area contributed by atoms with Crippen LogP contribution in [0, 0.1) is 0 Å². The van der Waals surface area contributed by atoms with E-state index in [0.717, 1.165) is 24.5 Å². The Balaban J connectivity index is 1.70. The Kier molecular flexibility index (Phi) is 4.51. The topological polar surface area (TPSA) is 32.8 Å². The Bertz CT molecular complexity index is 672. The molecular weight excluding hydrogens is 288 g/mol. The number of para-hydroxylation sites is 2. The summed E-state index contributed by atoms with van der Waals surface area (Å²) in [5.41, 5.74) is 1.84. The van der Waals surface area contributed by atoms with E-state index in [1.54, 1.807) is 4.90 Å². The first-order chi connectivity index (χ1) is 11.2. The summed E-state index contributed by atoms with van der Waals surface area (Å²) in [6.07, 6.45) is -0.0255. The van der Waals surface area contributed by atoms with Crippen molar-refractivity contribution in [2.45, 2.75) is 13.0 Å². The van der Waals surface area contributed by atoms with Crippen molar-refractivity contribution >= 4 is 11.6 Å². The van der Waals surface area contributed by atoms with Gasteiger partial charge in [-0.25, -0.2) is 0 Å². The molecule has 0 bridgehead atoms. The molecule has 4 heteroatoms. The van der Waals surface area contributed by atoms with E-state index < -0.39 is 0 Å². The number of rotatable bonds is 4.